The zero-order valence-electron chi connectivity index (χ0n) is 30.3. The summed E-state index contributed by atoms with van der Waals surface area (Å²) in [6.45, 7) is 4.43. The predicted octanol–water partition coefficient (Wildman–Crippen LogP) is 6.10. The summed E-state index contributed by atoms with van der Waals surface area (Å²) >= 11 is 1.13. The van der Waals surface area contributed by atoms with Gasteiger partial charge < -0.3 is 35.8 Å². The van der Waals surface area contributed by atoms with E-state index in [2.05, 4.69) is 20.5 Å². The minimum Gasteiger partial charge on any atom is -0.506 e. The van der Waals surface area contributed by atoms with Crippen LogP contribution in [0.4, 0.5) is 30.7 Å². The fraction of sp³-hybridized carbons (Fsp3) is 0.568. The second-order valence-corrected chi connectivity index (χ2v) is 15.7. The number of carbonyl (C=O) groups is 3. The first-order valence-corrected chi connectivity index (χ1v) is 18.9. The van der Waals surface area contributed by atoms with Crippen molar-refractivity contribution in [1.29, 1.82) is 0 Å². The number of hydrogen-bond donors (Lipinski definition) is 6. The van der Waals surface area contributed by atoms with Crippen LogP contribution in [-0.4, -0.2) is 94.7 Å². The average Bonchev–Trinajstić information content (AvgIpc) is 3.50. The van der Waals surface area contributed by atoms with E-state index in [1.807, 2.05) is 18.2 Å². The Hall–Kier alpha value is -4.23. The zero-order valence-corrected chi connectivity index (χ0v) is 31.1. The molecule has 7 rings (SSSR count). The molecule has 4 fully saturated rings. The molecule has 4 aliphatic rings. The van der Waals surface area contributed by atoms with Crippen LogP contribution < -0.4 is 15.5 Å². The Kier molecular flexibility index (Phi) is 15.3. The van der Waals surface area contributed by atoms with Crippen LogP contribution in [0.3, 0.4) is 0 Å². The zero-order chi connectivity index (χ0) is 41.3. The number of phenols is 1. The molecule has 1 heterocycles. The van der Waals surface area contributed by atoms with Gasteiger partial charge >= 0.3 is 29.2 Å². The molecule has 2 aromatic carbocycles. The van der Waals surface area contributed by atoms with Crippen molar-refractivity contribution in [3.05, 3.63) is 63.0 Å². The highest BCUT2D eigenvalue weighted by atomic mass is 32.1. The van der Waals surface area contributed by atoms with Crippen LogP contribution in [0, 0.1) is 29.0 Å². The number of aromatic amines is 1. The fourth-order valence-corrected chi connectivity index (χ4v) is 9.27. The van der Waals surface area contributed by atoms with Gasteiger partial charge in [0, 0.05) is 32.6 Å². The molecule has 4 bridgehead atoms. The molecule has 19 heteroatoms. The lowest BCUT2D eigenvalue weighted by molar-refractivity contribution is -0.193. The van der Waals surface area contributed by atoms with Gasteiger partial charge in [-0.3, -0.25) is 9.59 Å². The number of carboxylic acids is 2. The van der Waals surface area contributed by atoms with Gasteiger partial charge in [-0.15, -0.1) is 0 Å². The lowest BCUT2D eigenvalue weighted by Gasteiger charge is -2.58. The molecule has 0 unspecified atom stereocenters. The number of aromatic nitrogens is 1. The number of carboxylic acid groups (broad SMARTS) is 2. The molecule has 3 aromatic rings. The maximum atomic E-state index is 13.6. The number of aliphatic carboxylic acids is 2. The summed E-state index contributed by atoms with van der Waals surface area (Å²) in [5.41, 5.74) is 2.93. The van der Waals surface area contributed by atoms with Crippen molar-refractivity contribution in [2.24, 2.45) is 23.2 Å². The standard InChI is InChI=1S/C33H43FN4O3S.2C2HF3O2/c34-27-4-1-22(2-5-27)7-10-35-12-9-29(40)38(21-33-18-23-15-24(19-33)17-25(16-23)20-33)14-13-36-11-8-26-3-6-28(39)30-31(26)42-32(41)37-30;2*3-2(4,5)1(6)7/h1-6,23-25,35-36,39H,7-21H2,(H,37,41);2*(H,6,7). The number of aromatic hydroxyl groups is 1. The Bertz CT molecular complexity index is 1790. The molecule has 310 valence electrons. The summed E-state index contributed by atoms with van der Waals surface area (Å²) in [7, 11) is 0. The van der Waals surface area contributed by atoms with Crippen molar-refractivity contribution in [3.63, 3.8) is 0 Å². The first-order valence-electron chi connectivity index (χ1n) is 18.1. The molecule has 0 aliphatic heterocycles. The minimum absolute atomic E-state index is 0.101. The van der Waals surface area contributed by atoms with Crippen LogP contribution in [0.1, 0.15) is 56.1 Å². The third-order valence-corrected chi connectivity index (χ3v) is 11.3. The smallest absolute Gasteiger partial charge is 0.490 e. The van der Waals surface area contributed by atoms with Gasteiger partial charge in [-0.05, 0) is 117 Å². The monoisotopic (exact) mass is 822 g/mol. The Labute approximate surface area is 321 Å². The highest BCUT2D eigenvalue weighted by Gasteiger charge is 2.51. The van der Waals surface area contributed by atoms with E-state index in [4.69, 9.17) is 19.8 Å². The summed E-state index contributed by atoms with van der Waals surface area (Å²) in [5.74, 6) is -2.85. The molecule has 0 spiro atoms. The second-order valence-electron chi connectivity index (χ2n) is 14.7. The Morgan fingerprint density at radius 3 is 1.86 bits per heavy atom. The average molecular weight is 823 g/mol. The summed E-state index contributed by atoms with van der Waals surface area (Å²) in [4.78, 5) is 47.9. The normalized spacial score (nSPS) is 21.2. The number of benzene rings is 2. The van der Waals surface area contributed by atoms with Crippen molar-refractivity contribution in [2.45, 2.75) is 70.1 Å². The molecule has 0 radical (unpaired) electrons. The van der Waals surface area contributed by atoms with Crippen molar-refractivity contribution in [2.75, 3.05) is 39.3 Å². The summed E-state index contributed by atoms with van der Waals surface area (Å²) in [6.07, 6.45) is -0.109. The molecule has 0 saturated heterocycles. The van der Waals surface area contributed by atoms with Gasteiger partial charge in [0.15, 0.2) is 0 Å². The Morgan fingerprint density at radius 1 is 0.804 bits per heavy atom. The van der Waals surface area contributed by atoms with E-state index in [-0.39, 0.29) is 22.3 Å². The number of fused-ring (bicyclic) bond motifs is 1. The number of halogens is 7. The third kappa shape index (κ3) is 13.2. The molecule has 56 heavy (non-hydrogen) atoms. The topological polar surface area (TPSA) is 172 Å². The lowest BCUT2D eigenvalue weighted by Crippen LogP contribution is -2.53. The molecular formula is C37H45F7N4O7S. The summed E-state index contributed by atoms with van der Waals surface area (Å²) < 4.78 is 77.4. The van der Waals surface area contributed by atoms with Gasteiger partial charge in [0.25, 0.3) is 0 Å². The number of amides is 1. The fourth-order valence-electron chi connectivity index (χ4n) is 8.37. The van der Waals surface area contributed by atoms with E-state index in [1.54, 1.807) is 6.07 Å². The first kappa shape index (κ1) is 44.5. The maximum absolute atomic E-state index is 13.6. The Morgan fingerprint density at radius 2 is 1.32 bits per heavy atom. The third-order valence-electron chi connectivity index (χ3n) is 10.3. The number of phenolic OH excluding ortho intramolecular Hbond substituents is 1. The molecule has 4 saturated carbocycles. The molecule has 4 aliphatic carbocycles. The largest absolute Gasteiger partial charge is 0.506 e. The van der Waals surface area contributed by atoms with Crippen molar-refractivity contribution < 1.29 is 60.4 Å². The molecule has 6 N–H and O–H groups in total. The van der Waals surface area contributed by atoms with Gasteiger partial charge in [-0.2, -0.15) is 26.3 Å². The van der Waals surface area contributed by atoms with Crippen LogP contribution in [0.2, 0.25) is 0 Å². The van der Waals surface area contributed by atoms with Crippen LogP contribution >= 0.6 is 11.3 Å². The molecular weight excluding hydrogens is 777 g/mol. The van der Waals surface area contributed by atoms with Crippen LogP contribution in [0.5, 0.6) is 5.75 Å². The van der Waals surface area contributed by atoms with Gasteiger partial charge in [-0.1, -0.05) is 29.5 Å². The van der Waals surface area contributed by atoms with Crippen molar-refractivity contribution in [3.8, 4) is 5.75 Å². The quantitative estimate of drug-likeness (QED) is 0.0831. The molecule has 11 nitrogen and oxygen atoms in total. The number of thiazole rings is 1. The molecule has 1 amide bonds. The van der Waals surface area contributed by atoms with E-state index < -0.39 is 24.3 Å². The number of nitrogens with one attached hydrogen (secondary N) is 3. The second kappa shape index (κ2) is 19.3. The van der Waals surface area contributed by atoms with Crippen molar-refractivity contribution >= 4 is 39.4 Å². The van der Waals surface area contributed by atoms with E-state index in [9.17, 15) is 45.4 Å². The highest BCUT2D eigenvalue weighted by molar-refractivity contribution is 7.16. The number of nitrogens with zero attached hydrogens (tertiary/aromatic N) is 1. The van der Waals surface area contributed by atoms with Crippen molar-refractivity contribution in [1.82, 2.24) is 20.5 Å². The minimum atomic E-state index is -5.08. The Balaban J connectivity index is 0.000000425. The van der Waals surface area contributed by atoms with Crippen LogP contribution in [0.25, 0.3) is 10.2 Å². The number of carbonyl (C=O) groups excluding carboxylic acids is 1. The van der Waals surface area contributed by atoms with E-state index in [1.165, 1.54) is 50.7 Å². The first-order chi connectivity index (χ1) is 26.2. The summed E-state index contributed by atoms with van der Waals surface area (Å²) in [5, 5.41) is 31.3. The highest BCUT2D eigenvalue weighted by Crippen LogP contribution is 2.60. The lowest BCUT2D eigenvalue weighted by atomic mass is 9.49. The molecule has 0 atom stereocenters. The van der Waals surface area contributed by atoms with Gasteiger partial charge in [0.05, 0.1) is 4.70 Å². The predicted molar refractivity (Wildman–Crippen MR) is 193 cm³/mol. The summed E-state index contributed by atoms with van der Waals surface area (Å²) in [6, 6.07) is 10.1. The van der Waals surface area contributed by atoms with Gasteiger partial charge in [-0.25, -0.2) is 14.0 Å². The number of H-pyrrole nitrogens is 1. The van der Waals surface area contributed by atoms with E-state index >= 15 is 0 Å². The van der Waals surface area contributed by atoms with E-state index in [0.717, 1.165) is 83.9 Å². The van der Waals surface area contributed by atoms with Crippen LogP contribution in [0.15, 0.2) is 41.2 Å². The van der Waals surface area contributed by atoms with Gasteiger partial charge in [0.1, 0.15) is 17.1 Å². The number of hydrogen-bond acceptors (Lipinski definition) is 8. The number of rotatable bonds is 14. The maximum Gasteiger partial charge on any atom is 0.490 e. The molecule has 1 aromatic heterocycles. The van der Waals surface area contributed by atoms with Crippen LogP contribution in [-0.2, 0) is 27.2 Å². The number of alkyl halides is 6. The van der Waals surface area contributed by atoms with Gasteiger partial charge in [0.2, 0.25) is 5.91 Å². The SMILES string of the molecule is O=C(CCNCCc1ccc(F)cc1)N(CCNCCc1ccc(O)c2[nH]c(=O)sc12)CC12CC3CC(CC(C3)C1)C2.O=C(O)C(F)(F)F.O=C(O)C(F)(F)F. The van der Waals surface area contributed by atoms with E-state index in [0.29, 0.717) is 30.4 Å².